The van der Waals surface area contributed by atoms with Gasteiger partial charge in [-0.15, -0.1) is 0 Å². The van der Waals surface area contributed by atoms with Gasteiger partial charge in [0.15, 0.2) is 5.82 Å². The molecule has 0 atom stereocenters. The summed E-state index contributed by atoms with van der Waals surface area (Å²) in [6, 6.07) is 3.92. The minimum Gasteiger partial charge on any atom is -0.478 e. The molecule has 1 aromatic heterocycles. The third kappa shape index (κ3) is 2.01. The van der Waals surface area contributed by atoms with Crippen molar-refractivity contribution in [2.24, 2.45) is 0 Å². The van der Waals surface area contributed by atoms with Gasteiger partial charge in [-0.05, 0) is 38.5 Å². The second-order valence-corrected chi connectivity index (χ2v) is 4.45. The maximum atomic E-state index is 14.1. The predicted molar refractivity (Wildman–Crippen MR) is 66.9 cm³/mol. The quantitative estimate of drug-likeness (QED) is 0.904. The highest BCUT2D eigenvalue weighted by Crippen LogP contribution is 2.26. The van der Waals surface area contributed by atoms with Crippen LogP contribution in [0.25, 0.3) is 5.69 Å². The fourth-order valence-corrected chi connectivity index (χ4v) is 2.17. The lowest BCUT2D eigenvalue weighted by atomic mass is 10.2. The third-order valence-electron chi connectivity index (χ3n) is 3.15. The molecule has 100 valence electrons. The van der Waals surface area contributed by atoms with Crippen molar-refractivity contribution in [3.63, 3.8) is 0 Å². The summed E-state index contributed by atoms with van der Waals surface area (Å²) in [7, 11) is 0. The molecule has 2 rings (SSSR count). The lowest BCUT2D eigenvalue weighted by molar-refractivity contribution is 0.0696. The smallest absolute Gasteiger partial charge is 0.337 e. The largest absolute Gasteiger partial charge is 0.478 e. The Bertz CT molecular complexity index is 675. The Kier molecular flexibility index (Phi) is 3.14. The van der Waals surface area contributed by atoms with Crippen molar-refractivity contribution in [1.29, 1.82) is 0 Å². The molecule has 0 spiro atoms. The second kappa shape index (κ2) is 4.50. The van der Waals surface area contributed by atoms with E-state index in [1.165, 1.54) is 36.6 Å². The first-order chi connectivity index (χ1) is 8.84. The molecule has 0 unspecified atom stereocenters. The number of aryl methyl sites for hydroxylation is 2. The molecule has 2 aromatic rings. The number of aromatic nitrogens is 1. The van der Waals surface area contributed by atoms with Crippen LogP contribution in [0.4, 0.5) is 8.78 Å². The number of carbonyl (C=O) groups is 1. The van der Waals surface area contributed by atoms with Crippen molar-refractivity contribution in [3.05, 3.63) is 52.3 Å². The van der Waals surface area contributed by atoms with E-state index in [0.717, 1.165) is 0 Å². The Morgan fingerprint density at radius 1 is 1.21 bits per heavy atom. The van der Waals surface area contributed by atoms with E-state index in [2.05, 4.69) is 0 Å². The number of nitrogens with zero attached hydrogens (tertiary/aromatic N) is 1. The summed E-state index contributed by atoms with van der Waals surface area (Å²) in [4.78, 5) is 11.1. The van der Waals surface area contributed by atoms with Crippen LogP contribution in [0, 0.1) is 32.4 Å². The van der Waals surface area contributed by atoms with Crippen molar-refractivity contribution in [2.75, 3.05) is 0 Å². The van der Waals surface area contributed by atoms with E-state index in [1.54, 1.807) is 6.92 Å². The average molecular weight is 265 g/mol. The Morgan fingerprint density at radius 3 is 2.37 bits per heavy atom. The van der Waals surface area contributed by atoms with Gasteiger partial charge in [-0.2, -0.15) is 0 Å². The van der Waals surface area contributed by atoms with Gasteiger partial charge in [0.25, 0.3) is 0 Å². The highest BCUT2D eigenvalue weighted by Gasteiger charge is 2.21. The van der Waals surface area contributed by atoms with Crippen molar-refractivity contribution >= 4 is 5.97 Å². The zero-order chi connectivity index (χ0) is 14.3. The normalized spacial score (nSPS) is 10.8. The highest BCUT2D eigenvalue weighted by molar-refractivity contribution is 5.89. The van der Waals surface area contributed by atoms with Crippen molar-refractivity contribution in [3.8, 4) is 5.69 Å². The average Bonchev–Trinajstić information content (AvgIpc) is 2.62. The molecule has 19 heavy (non-hydrogen) atoms. The van der Waals surface area contributed by atoms with Gasteiger partial charge in [0.1, 0.15) is 11.5 Å². The van der Waals surface area contributed by atoms with Crippen LogP contribution in [0.15, 0.2) is 18.2 Å². The summed E-state index contributed by atoms with van der Waals surface area (Å²) in [5, 5.41) is 9.04. The maximum absolute atomic E-state index is 14.1. The molecule has 0 aliphatic carbocycles. The van der Waals surface area contributed by atoms with Crippen molar-refractivity contribution in [1.82, 2.24) is 4.57 Å². The SMILES string of the molecule is Cc1ccc(F)c(-n2c(C)cc(C(=O)O)c2C)c1F. The Morgan fingerprint density at radius 2 is 1.84 bits per heavy atom. The van der Waals surface area contributed by atoms with Crippen molar-refractivity contribution < 1.29 is 18.7 Å². The van der Waals surface area contributed by atoms with E-state index in [-0.39, 0.29) is 11.3 Å². The van der Waals surface area contributed by atoms with E-state index in [9.17, 15) is 13.6 Å². The molecule has 3 nitrogen and oxygen atoms in total. The minimum atomic E-state index is -1.12. The fourth-order valence-electron chi connectivity index (χ4n) is 2.17. The number of carboxylic acid groups (broad SMARTS) is 1. The lowest BCUT2D eigenvalue weighted by Crippen LogP contribution is -2.08. The summed E-state index contributed by atoms with van der Waals surface area (Å²) >= 11 is 0. The molecule has 0 aliphatic heterocycles. The van der Waals surface area contributed by atoms with E-state index in [1.807, 2.05) is 0 Å². The molecular formula is C14H13F2NO2. The summed E-state index contributed by atoms with van der Waals surface area (Å²) in [6.45, 7) is 4.67. The van der Waals surface area contributed by atoms with E-state index in [0.29, 0.717) is 17.0 Å². The number of halogens is 2. The molecule has 1 aromatic carbocycles. The van der Waals surface area contributed by atoms with Gasteiger partial charge >= 0.3 is 5.97 Å². The number of carboxylic acids is 1. The monoisotopic (exact) mass is 265 g/mol. The van der Waals surface area contributed by atoms with Gasteiger partial charge in [-0.25, -0.2) is 13.6 Å². The third-order valence-corrected chi connectivity index (χ3v) is 3.15. The van der Waals surface area contributed by atoms with E-state index in [4.69, 9.17) is 5.11 Å². The van der Waals surface area contributed by atoms with Crippen LogP contribution in [-0.4, -0.2) is 15.6 Å². The first-order valence-electron chi connectivity index (χ1n) is 5.71. The second-order valence-electron chi connectivity index (χ2n) is 4.45. The summed E-state index contributed by atoms with van der Waals surface area (Å²) < 4.78 is 29.3. The summed E-state index contributed by atoms with van der Waals surface area (Å²) in [5.41, 5.74) is 0.882. The standard InChI is InChI=1S/C14H13F2NO2/c1-7-4-5-11(15)13(12(7)16)17-8(2)6-10(9(17)3)14(18)19/h4-6H,1-3H3,(H,18,19). The first kappa shape index (κ1) is 13.3. The van der Waals surface area contributed by atoms with Crippen molar-refractivity contribution in [2.45, 2.75) is 20.8 Å². The van der Waals surface area contributed by atoms with Gasteiger partial charge in [0.05, 0.1) is 5.56 Å². The molecule has 5 heteroatoms. The van der Waals surface area contributed by atoms with Gasteiger partial charge in [0.2, 0.25) is 0 Å². The number of benzene rings is 1. The molecule has 0 amide bonds. The molecule has 0 saturated carbocycles. The molecule has 1 N–H and O–H groups in total. The van der Waals surface area contributed by atoms with Crippen LogP contribution in [0.2, 0.25) is 0 Å². The number of hydrogen-bond donors (Lipinski definition) is 1. The van der Waals surface area contributed by atoms with Crippen LogP contribution in [0.3, 0.4) is 0 Å². The number of hydrogen-bond acceptors (Lipinski definition) is 1. The molecule has 0 saturated heterocycles. The topological polar surface area (TPSA) is 42.2 Å². The lowest BCUT2D eigenvalue weighted by Gasteiger charge is -2.13. The molecule has 0 aliphatic rings. The molecule has 1 heterocycles. The number of rotatable bonds is 2. The Balaban J connectivity index is 2.80. The van der Waals surface area contributed by atoms with Gasteiger partial charge < -0.3 is 9.67 Å². The van der Waals surface area contributed by atoms with Gasteiger partial charge in [0, 0.05) is 11.4 Å². The van der Waals surface area contributed by atoms with Crippen LogP contribution >= 0.6 is 0 Å². The minimum absolute atomic E-state index is 0.0396. The Labute approximate surface area is 109 Å². The maximum Gasteiger partial charge on any atom is 0.337 e. The summed E-state index contributed by atoms with van der Waals surface area (Å²) in [6.07, 6.45) is 0. The van der Waals surface area contributed by atoms with Crippen LogP contribution in [0.5, 0.6) is 0 Å². The Hall–Kier alpha value is -2.17. The van der Waals surface area contributed by atoms with E-state index >= 15 is 0 Å². The zero-order valence-electron chi connectivity index (χ0n) is 10.8. The molecule has 0 fully saturated rings. The van der Waals surface area contributed by atoms with Crippen LogP contribution in [-0.2, 0) is 0 Å². The molecular weight excluding hydrogens is 252 g/mol. The zero-order valence-corrected chi connectivity index (χ0v) is 10.8. The van der Waals surface area contributed by atoms with Gasteiger partial charge in [-0.1, -0.05) is 6.07 Å². The van der Waals surface area contributed by atoms with E-state index < -0.39 is 17.6 Å². The molecule has 0 bridgehead atoms. The summed E-state index contributed by atoms with van der Waals surface area (Å²) in [5.74, 6) is -2.52. The molecule has 0 radical (unpaired) electrons. The predicted octanol–water partition coefficient (Wildman–Crippen LogP) is 3.38. The fraction of sp³-hybridized carbons (Fsp3) is 0.214. The number of aromatic carboxylic acids is 1. The van der Waals surface area contributed by atoms with Gasteiger partial charge in [-0.3, -0.25) is 0 Å². The first-order valence-corrected chi connectivity index (χ1v) is 5.71. The van der Waals surface area contributed by atoms with Crippen LogP contribution in [0.1, 0.15) is 27.3 Å². The van der Waals surface area contributed by atoms with Crippen LogP contribution < -0.4 is 0 Å². The highest BCUT2D eigenvalue weighted by atomic mass is 19.1.